The van der Waals surface area contributed by atoms with Crippen molar-refractivity contribution in [1.29, 1.82) is 0 Å². The van der Waals surface area contributed by atoms with E-state index in [1.54, 1.807) is 0 Å². The maximum Gasteiger partial charge on any atom is 0.119 e. The van der Waals surface area contributed by atoms with E-state index in [-0.39, 0.29) is 0 Å². The molecule has 4 heteroatoms. The Bertz CT molecular complexity index is 1140. The number of rotatable bonds is 12. The Labute approximate surface area is 241 Å². The number of benzene rings is 3. The fourth-order valence-electron chi connectivity index (χ4n) is 7.11. The predicted molar refractivity (Wildman–Crippen MR) is 165 cm³/mol. The van der Waals surface area contributed by atoms with E-state index in [1.165, 1.54) is 35.1 Å². The molecule has 2 N–H and O–H groups in total. The van der Waals surface area contributed by atoms with Crippen molar-refractivity contribution < 1.29 is 10.2 Å². The van der Waals surface area contributed by atoms with Crippen LogP contribution in [-0.2, 0) is 38.5 Å². The quantitative estimate of drug-likeness (QED) is 0.268. The molecule has 0 aromatic heterocycles. The van der Waals surface area contributed by atoms with Gasteiger partial charge in [-0.05, 0) is 123 Å². The summed E-state index contributed by atoms with van der Waals surface area (Å²) in [6, 6.07) is 22.5. The Morgan fingerprint density at radius 3 is 1.43 bits per heavy atom. The van der Waals surface area contributed by atoms with Crippen LogP contribution in [0.1, 0.15) is 72.9 Å². The SMILES string of the molecule is CCCN(CCc1ccc(CCN(CCC)[C@H]2CCc3c(O)cccc3C2)cc1)[C@H]1CCc2c(O)cccc2C1. The lowest BCUT2D eigenvalue weighted by atomic mass is 9.86. The van der Waals surface area contributed by atoms with E-state index in [1.807, 2.05) is 24.3 Å². The molecule has 2 atom stereocenters. The molecule has 0 aliphatic heterocycles. The zero-order chi connectivity index (χ0) is 27.9. The van der Waals surface area contributed by atoms with Crippen molar-refractivity contribution in [2.45, 2.75) is 90.1 Å². The molecular weight excluding hydrogens is 492 g/mol. The minimum absolute atomic E-state index is 0.472. The molecule has 5 rings (SSSR count). The Hall–Kier alpha value is -2.82. The lowest BCUT2D eigenvalue weighted by molar-refractivity contribution is 0.181. The number of aromatic hydroxyl groups is 2. The second kappa shape index (κ2) is 13.7. The summed E-state index contributed by atoms with van der Waals surface area (Å²) in [5, 5.41) is 20.5. The fraction of sp³-hybridized carbons (Fsp3) is 0.500. The van der Waals surface area contributed by atoms with Gasteiger partial charge in [0.25, 0.3) is 0 Å². The fourth-order valence-corrected chi connectivity index (χ4v) is 7.11. The topological polar surface area (TPSA) is 46.9 Å². The van der Waals surface area contributed by atoms with Gasteiger partial charge in [0.2, 0.25) is 0 Å². The monoisotopic (exact) mass is 540 g/mol. The maximum atomic E-state index is 10.2. The molecule has 0 unspecified atom stereocenters. The molecule has 0 spiro atoms. The summed E-state index contributed by atoms with van der Waals surface area (Å²) in [6.45, 7) is 9.01. The summed E-state index contributed by atoms with van der Waals surface area (Å²) < 4.78 is 0. The molecule has 3 aromatic carbocycles. The lowest BCUT2D eigenvalue weighted by Gasteiger charge is -2.35. The third-order valence-corrected chi connectivity index (χ3v) is 9.32. The van der Waals surface area contributed by atoms with Gasteiger partial charge in [-0.25, -0.2) is 0 Å². The highest BCUT2D eigenvalue weighted by Crippen LogP contribution is 2.32. The van der Waals surface area contributed by atoms with Gasteiger partial charge in [0.1, 0.15) is 11.5 Å². The summed E-state index contributed by atoms with van der Waals surface area (Å²) >= 11 is 0. The molecule has 0 radical (unpaired) electrons. The molecule has 0 saturated heterocycles. The first-order valence-corrected chi connectivity index (χ1v) is 15.7. The Kier molecular flexibility index (Phi) is 9.83. The van der Waals surface area contributed by atoms with Crippen LogP contribution in [0.3, 0.4) is 0 Å². The first-order valence-electron chi connectivity index (χ1n) is 15.7. The smallest absolute Gasteiger partial charge is 0.119 e. The summed E-state index contributed by atoms with van der Waals surface area (Å²) in [4.78, 5) is 5.37. The number of hydrogen-bond donors (Lipinski definition) is 2. The molecule has 3 aromatic rings. The van der Waals surface area contributed by atoms with Gasteiger partial charge in [-0.15, -0.1) is 0 Å². The second-order valence-electron chi connectivity index (χ2n) is 12.0. The summed E-state index contributed by atoms with van der Waals surface area (Å²) in [7, 11) is 0. The van der Waals surface area contributed by atoms with Crippen LogP contribution in [0.25, 0.3) is 0 Å². The van der Waals surface area contributed by atoms with E-state index >= 15 is 0 Å². The highest BCUT2D eigenvalue weighted by Gasteiger charge is 2.26. The lowest BCUT2D eigenvalue weighted by Crippen LogP contribution is -2.41. The maximum absolute atomic E-state index is 10.2. The van der Waals surface area contributed by atoms with Gasteiger partial charge in [0.05, 0.1) is 0 Å². The summed E-state index contributed by atoms with van der Waals surface area (Å²) in [5.74, 6) is 0.945. The van der Waals surface area contributed by atoms with Gasteiger partial charge < -0.3 is 10.2 Å². The highest BCUT2D eigenvalue weighted by molar-refractivity contribution is 5.42. The molecule has 0 fully saturated rings. The van der Waals surface area contributed by atoms with E-state index < -0.39 is 0 Å². The van der Waals surface area contributed by atoms with Gasteiger partial charge in [-0.3, -0.25) is 9.80 Å². The van der Waals surface area contributed by atoms with E-state index in [2.05, 4.69) is 60.0 Å². The summed E-state index contributed by atoms with van der Waals surface area (Å²) in [6.07, 6.45) is 10.8. The molecule has 214 valence electrons. The zero-order valence-corrected chi connectivity index (χ0v) is 24.6. The van der Waals surface area contributed by atoms with E-state index in [0.717, 1.165) is 88.7 Å². The average molecular weight is 541 g/mol. The summed E-state index contributed by atoms with van der Waals surface area (Å²) in [5.41, 5.74) is 7.83. The molecule has 0 saturated carbocycles. The predicted octanol–water partition coefficient (Wildman–Crippen LogP) is 6.72. The van der Waals surface area contributed by atoms with Crippen LogP contribution < -0.4 is 0 Å². The first kappa shape index (κ1) is 28.7. The van der Waals surface area contributed by atoms with Crippen LogP contribution in [0.4, 0.5) is 0 Å². The molecular formula is C36H48N2O2. The molecule has 2 aliphatic carbocycles. The van der Waals surface area contributed by atoms with Gasteiger partial charge in [-0.2, -0.15) is 0 Å². The Balaban J connectivity index is 1.14. The highest BCUT2D eigenvalue weighted by atomic mass is 16.3. The largest absolute Gasteiger partial charge is 0.508 e. The molecule has 40 heavy (non-hydrogen) atoms. The molecule has 0 heterocycles. The number of phenolic OH excluding ortho intramolecular Hbond substituents is 2. The van der Waals surface area contributed by atoms with Crippen LogP contribution in [0.15, 0.2) is 60.7 Å². The van der Waals surface area contributed by atoms with Crippen molar-refractivity contribution in [2.75, 3.05) is 26.2 Å². The number of hydrogen-bond acceptors (Lipinski definition) is 4. The normalized spacial score (nSPS) is 18.6. The van der Waals surface area contributed by atoms with Crippen LogP contribution in [-0.4, -0.2) is 58.3 Å². The van der Waals surface area contributed by atoms with Crippen molar-refractivity contribution >= 4 is 0 Å². The zero-order valence-electron chi connectivity index (χ0n) is 24.6. The van der Waals surface area contributed by atoms with Crippen molar-refractivity contribution in [3.05, 3.63) is 94.0 Å². The van der Waals surface area contributed by atoms with Gasteiger partial charge in [-0.1, -0.05) is 62.4 Å². The number of nitrogens with zero attached hydrogens (tertiary/aromatic N) is 2. The minimum atomic E-state index is 0.472. The van der Waals surface area contributed by atoms with E-state index in [0.29, 0.717) is 23.6 Å². The van der Waals surface area contributed by atoms with Gasteiger partial charge in [0.15, 0.2) is 0 Å². The third-order valence-electron chi connectivity index (χ3n) is 9.32. The molecule has 4 nitrogen and oxygen atoms in total. The van der Waals surface area contributed by atoms with Gasteiger partial charge in [0, 0.05) is 25.2 Å². The van der Waals surface area contributed by atoms with Crippen molar-refractivity contribution in [3.8, 4) is 11.5 Å². The van der Waals surface area contributed by atoms with E-state index in [4.69, 9.17) is 0 Å². The third kappa shape index (κ3) is 6.90. The minimum Gasteiger partial charge on any atom is -0.508 e. The Morgan fingerprint density at radius 2 is 1.02 bits per heavy atom. The number of phenols is 2. The number of fused-ring (bicyclic) bond motifs is 2. The van der Waals surface area contributed by atoms with Crippen LogP contribution >= 0.6 is 0 Å². The Morgan fingerprint density at radius 1 is 0.600 bits per heavy atom. The molecule has 0 amide bonds. The van der Waals surface area contributed by atoms with E-state index in [9.17, 15) is 10.2 Å². The molecule has 2 aliphatic rings. The van der Waals surface area contributed by atoms with Crippen LogP contribution in [0.2, 0.25) is 0 Å². The molecule has 0 bridgehead atoms. The standard InChI is InChI=1S/C36H48N2O2/c1-3-21-37(31-15-17-33-29(25-31)7-5-9-35(33)39)23-19-27-11-13-28(14-12-27)20-24-38(22-4-2)32-16-18-34-30(26-32)8-6-10-36(34)40/h5-14,31-32,39-40H,3-4,15-26H2,1-2H3/t31-,32-/m0/s1. The van der Waals surface area contributed by atoms with Crippen molar-refractivity contribution in [1.82, 2.24) is 9.80 Å². The second-order valence-corrected chi connectivity index (χ2v) is 12.0. The average Bonchev–Trinajstić information content (AvgIpc) is 2.98. The van der Waals surface area contributed by atoms with Crippen molar-refractivity contribution in [2.24, 2.45) is 0 Å². The first-order chi connectivity index (χ1) is 19.6. The van der Waals surface area contributed by atoms with Gasteiger partial charge >= 0.3 is 0 Å². The van der Waals surface area contributed by atoms with Crippen LogP contribution in [0.5, 0.6) is 11.5 Å². The van der Waals surface area contributed by atoms with Crippen molar-refractivity contribution in [3.63, 3.8) is 0 Å². The van der Waals surface area contributed by atoms with Crippen LogP contribution in [0, 0.1) is 0 Å².